The summed E-state index contributed by atoms with van der Waals surface area (Å²) in [5.74, 6) is 0.0691. The molecule has 0 saturated heterocycles. The number of rotatable bonds is 4. The number of carbonyl (C=O) groups excluding carboxylic acids is 1. The van der Waals surface area contributed by atoms with Gasteiger partial charge in [0.05, 0.1) is 12.1 Å². The molecule has 0 saturated carbocycles. The quantitative estimate of drug-likeness (QED) is 0.658. The van der Waals surface area contributed by atoms with Crippen molar-refractivity contribution in [2.75, 3.05) is 12.4 Å². The number of hydrogen-bond acceptors (Lipinski definition) is 3. The number of methoxy groups -OCH3 is 1. The van der Waals surface area contributed by atoms with Crippen LogP contribution in [-0.4, -0.2) is 13.0 Å². The molecule has 0 aliphatic heterocycles. The van der Waals surface area contributed by atoms with E-state index in [1.54, 1.807) is 24.3 Å². The molecule has 0 spiro atoms. The van der Waals surface area contributed by atoms with Gasteiger partial charge in [-0.25, -0.2) is 0 Å². The van der Waals surface area contributed by atoms with Gasteiger partial charge in [-0.2, -0.15) is 5.26 Å². The number of aryl methyl sites for hydroxylation is 2. The third kappa shape index (κ3) is 4.15. The fourth-order valence-electron chi connectivity index (χ4n) is 2.11. The fourth-order valence-corrected chi connectivity index (χ4v) is 2.37. The minimum absolute atomic E-state index is 0.00513. The molecule has 0 aliphatic carbocycles. The molecule has 4 nitrogen and oxygen atoms in total. The van der Waals surface area contributed by atoms with Crippen molar-refractivity contribution in [2.45, 2.75) is 13.8 Å². The number of amides is 1. The summed E-state index contributed by atoms with van der Waals surface area (Å²) in [6.45, 7) is 3.96. The maximum Gasteiger partial charge on any atom is 0.266 e. The Hall–Kier alpha value is -2.77. The molecular formula is C19H17ClN2O2. The molecule has 122 valence electrons. The Morgan fingerprint density at radius 2 is 1.96 bits per heavy atom. The van der Waals surface area contributed by atoms with E-state index < -0.39 is 5.91 Å². The van der Waals surface area contributed by atoms with Crippen molar-refractivity contribution in [3.63, 3.8) is 0 Å². The number of anilines is 1. The molecule has 0 fully saturated rings. The van der Waals surface area contributed by atoms with Crippen LogP contribution in [0.2, 0.25) is 5.02 Å². The van der Waals surface area contributed by atoms with E-state index in [9.17, 15) is 10.1 Å². The van der Waals surface area contributed by atoms with Gasteiger partial charge < -0.3 is 10.1 Å². The Labute approximate surface area is 146 Å². The zero-order chi connectivity index (χ0) is 17.7. The van der Waals surface area contributed by atoms with E-state index in [1.807, 2.05) is 32.0 Å². The van der Waals surface area contributed by atoms with Gasteiger partial charge >= 0.3 is 0 Å². The number of nitriles is 1. The second-order valence-electron chi connectivity index (χ2n) is 5.32. The van der Waals surface area contributed by atoms with Gasteiger partial charge in [0.15, 0.2) is 0 Å². The second kappa shape index (κ2) is 7.67. The SMILES string of the molecule is COc1ccc(/C=C(/C#N)C(=O)Nc2ccc(C)c(C)c2)cc1Cl. The zero-order valence-electron chi connectivity index (χ0n) is 13.7. The van der Waals surface area contributed by atoms with Crippen LogP contribution in [0.15, 0.2) is 42.0 Å². The Morgan fingerprint density at radius 3 is 2.54 bits per heavy atom. The summed E-state index contributed by atoms with van der Waals surface area (Å²) in [4.78, 5) is 12.3. The van der Waals surface area contributed by atoms with Crippen molar-refractivity contribution in [3.05, 3.63) is 63.7 Å². The van der Waals surface area contributed by atoms with Crippen LogP contribution in [0.3, 0.4) is 0 Å². The van der Waals surface area contributed by atoms with Gasteiger partial charge in [-0.1, -0.05) is 23.7 Å². The predicted molar refractivity (Wildman–Crippen MR) is 96.1 cm³/mol. The minimum Gasteiger partial charge on any atom is -0.495 e. The Kier molecular flexibility index (Phi) is 5.62. The highest BCUT2D eigenvalue weighted by Gasteiger charge is 2.11. The lowest BCUT2D eigenvalue weighted by Gasteiger charge is -2.07. The molecule has 0 radical (unpaired) electrons. The molecule has 0 unspecified atom stereocenters. The third-order valence-electron chi connectivity index (χ3n) is 3.62. The average molecular weight is 341 g/mol. The van der Waals surface area contributed by atoms with E-state index in [-0.39, 0.29) is 5.57 Å². The monoisotopic (exact) mass is 340 g/mol. The summed E-state index contributed by atoms with van der Waals surface area (Å²) in [5.41, 5.74) is 3.49. The van der Waals surface area contributed by atoms with E-state index in [2.05, 4.69) is 5.32 Å². The standard InChI is InChI=1S/C19H17ClN2O2/c1-12-4-6-16(8-13(12)2)22-19(23)15(11-21)9-14-5-7-18(24-3)17(20)10-14/h4-10H,1-3H3,(H,22,23)/b15-9-. The molecule has 0 heterocycles. The van der Waals surface area contributed by atoms with Gasteiger partial charge in [0.2, 0.25) is 0 Å². The van der Waals surface area contributed by atoms with Crippen molar-refractivity contribution >= 4 is 29.3 Å². The van der Waals surface area contributed by atoms with E-state index >= 15 is 0 Å². The van der Waals surface area contributed by atoms with Crippen molar-refractivity contribution in [1.82, 2.24) is 0 Å². The van der Waals surface area contributed by atoms with Gasteiger partial charge in [0.1, 0.15) is 17.4 Å². The lowest BCUT2D eigenvalue weighted by atomic mass is 10.1. The van der Waals surface area contributed by atoms with Crippen LogP contribution in [0.4, 0.5) is 5.69 Å². The van der Waals surface area contributed by atoms with Gasteiger partial charge in [0, 0.05) is 5.69 Å². The summed E-state index contributed by atoms with van der Waals surface area (Å²) < 4.78 is 5.08. The van der Waals surface area contributed by atoms with Crippen LogP contribution < -0.4 is 10.1 Å². The molecule has 5 heteroatoms. The van der Waals surface area contributed by atoms with Crippen molar-refractivity contribution in [3.8, 4) is 11.8 Å². The first kappa shape index (κ1) is 17.6. The maximum atomic E-state index is 12.3. The molecule has 0 atom stereocenters. The van der Waals surface area contributed by atoms with E-state index in [4.69, 9.17) is 16.3 Å². The summed E-state index contributed by atoms with van der Waals surface area (Å²) in [6, 6.07) is 12.6. The highest BCUT2D eigenvalue weighted by molar-refractivity contribution is 6.32. The third-order valence-corrected chi connectivity index (χ3v) is 3.91. The summed E-state index contributed by atoms with van der Waals surface area (Å²) in [7, 11) is 1.52. The van der Waals surface area contributed by atoms with Gasteiger partial charge in [0.25, 0.3) is 5.91 Å². The number of carbonyl (C=O) groups is 1. The van der Waals surface area contributed by atoms with Gasteiger partial charge in [-0.15, -0.1) is 0 Å². The second-order valence-corrected chi connectivity index (χ2v) is 5.72. The molecule has 2 aromatic carbocycles. The lowest BCUT2D eigenvalue weighted by molar-refractivity contribution is -0.112. The Balaban J connectivity index is 2.23. The largest absolute Gasteiger partial charge is 0.495 e. The highest BCUT2D eigenvalue weighted by atomic mass is 35.5. The highest BCUT2D eigenvalue weighted by Crippen LogP contribution is 2.26. The number of benzene rings is 2. The van der Waals surface area contributed by atoms with Crippen molar-refractivity contribution in [1.29, 1.82) is 5.26 Å². The van der Waals surface area contributed by atoms with Gasteiger partial charge in [-0.3, -0.25) is 4.79 Å². The summed E-state index contributed by atoms with van der Waals surface area (Å²) in [5, 5.41) is 12.4. The van der Waals surface area contributed by atoms with E-state index in [0.29, 0.717) is 22.0 Å². The number of nitrogens with one attached hydrogen (secondary N) is 1. The Bertz CT molecular complexity index is 851. The zero-order valence-corrected chi connectivity index (χ0v) is 14.4. The molecule has 1 amide bonds. The lowest BCUT2D eigenvalue weighted by Crippen LogP contribution is -2.13. The van der Waals surface area contributed by atoms with Crippen LogP contribution in [0.25, 0.3) is 6.08 Å². The van der Waals surface area contributed by atoms with Crippen molar-refractivity contribution in [2.24, 2.45) is 0 Å². The van der Waals surface area contributed by atoms with Gasteiger partial charge in [-0.05, 0) is 60.9 Å². The number of ether oxygens (including phenoxy) is 1. The van der Waals surface area contributed by atoms with Crippen LogP contribution in [0.1, 0.15) is 16.7 Å². The van der Waals surface area contributed by atoms with E-state index in [0.717, 1.165) is 11.1 Å². The van der Waals surface area contributed by atoms with Crippen LogP contribution in [-0.2, 0) is 4.79 Å². The Morgan fingerprint density at radius 1 is 1.21 bits per heavy atom. The molecule has 24 heavy (non-hydrogen) atoms. The fraction of sp³-hybridized carbons (Fsp3) is 0.158. The predicted octanol–water partition coefficient (Wildman–Crippen LogP) is 4.51. The number of halogens is 1. The molecular weight excluding hydrogens is 324 g/mol. The number of nitrogens with zero attached hydrogens (tertiary/aromatic N) is 1. The average Bonchev–Trinajstić information content (AvgIpc) is 2.56. The summed E-state index contributed by atoms with van der Waals surface area (Å²) >= 11 is 6.06. The summed E-state index contributed by atoms with van der Waals surface area (Å²) in [6.07, 6.45) is 1.49. The number of hydrogen-bond donors (Lipinski definition) is 1. The maximum absolute atomic E-state index is 12.3. The molecule has 0 aromatic heterocycles. The normalized spacial score (nSPS) is 10.9. The molecule has 2 rings (SSSR count). The minimum atomic E-state index is -0.465. The first-order valence-electron chi connectivity index (χ1n) is 7.28. The van der Waals surface area contributed by atoms with Crippen molar-refractivity contribution < 1.29 is 9.53 Å². The van der Waals surface area contributed by atoms with Crippen LogP contribution in [0.5, 0.6) is 5.75 Å². The first-order valence-corrected chi connectivity index (χ1v) is 7.66. The van der Waals surface area contributed by atoms with E-state index in [1.165, 1.54) is 13.2 Å². The molecule has 1 N–H and O–H groups in total. The molecule has 2 aromatic rings. The van der Waals surface area contributed by atoms with Crippen LogP contribution in [0, 0.1) is 25.2 Å². The topological polar surface area (TPSA) is 62.1 Å². The first-order chi connectivity index (χ1) is 11.4. The molecule has 0 aliphatic rings. The van der Waals surface area contributed by atoms with Crippen LogP contribution >= 0.6 is 11.6 Å². The smallest absolute Gasteiger partial charge is 0.266 e. The molecule has 0 bridgehead atoms.